The third-order valence-corrected chi connectivity index (χ3v) is 4.12. The van der Waals surface area contributed by atoms with Gasteiger partial charge in [-0.05, 0) is 41.3 Å². The van der Waals surface area contributed by atoms with Crippen LogP contribution in [0.15, 0.2) is 24.3 Å². The van der Waals surface area contributed by atoms with E-state index in [1.807, 2.05) is 0 Å². The smallest absolute Gasteiger partial charge is 0.137 e. The number of Topliss-reactive ketones (excluding diaryl/α,β-unsaturated/α-hetero) is 1. The average Bonchev–Trinajstić information content (AvgIpc) is 2.36. The van der Waals surface area contributed by atoms with E-state index in [9.17, 15) is 4.79 Å². The Bertz CT molecular complexity index is 451. The van der Waals surface area contributed by atoms with Crippen LogP contribution >= 0.6 is 0 Å². The quantitative estimate of drug-likeness (QED) is 0.815. The first kappa shape index (κ1) is 17.9. The molecular formula is C19H31NO. The SMILES string of the molecule is CC(C)(CCN)CCC(=O)Cc1ccc(C(C)(C)C)cc1. The molecule has 0 unspecified atom stereocenters. The number of carbonyl (C=O) groups excluding carboxylic acids is 1. The summed E-state index contributed by atoms with van der Waals surface area (Å²) < 4.78 is 0. The van der Waals surface area contributed by atoms with E-state index in [1.165, 1.54) is 5.56 Å². The number of hydrogen-bond acceptors (Lipinski definition) is 2. The van der Waals surface area contributed by atoms with E-state index in [4.69, 9.17) is 5.73 Å². The lowest BCUT2D eigenvalue weighted by molar-refractivity contribution is -0.119. The van der Waals surface area contributed by atoms with E-state index in [0.29, 0.717) is 25.2 Å². The molecule has 0 aliphatic carbocycles. The molecule has 2 heteroatoms. The summed E-state index contributed by atoms with van der Waals surface area (Å²) in [5.41, 5.74) is 8.36. The van der Waals surface area contributed by atoms with Crippen molar-refractivity contribution in [3.8, 4) is 0 Å². The normalized spacial score (nSPS) is 12.5. The van der Waals surface area contributed by atoms with Crippen LogP contribution in [-0.2, 0) is 16.6 Å². The van der Waals surface area contributed by atoms with Gasteiger partial charge in [0.05, 0.1) is 0 Å². The molecule has 0 spiro atoms. The number of rotatable bonds is 7. The molecule has 0 saturated heterocycles. The van der Waals surface area contributed by atoms with Gasteiger partial charge in [-0.2, -0.15) is 0 Å². The molecule has 0 aromatic heterocycles. The zero-order valence-corrected chi connectivity index (χ0v) is 14.3. The van der Waals surface area contributed by atoms with Crippen molar-refractivity contribution >= 4 is 5.78 Å². The Kier molecular flexibility index (Phi) is 6.15. The van der Waals surface area contributed by atoms with Gasteiger partial charge in [0, 0.05) is 12.8 Å². The van der Waals surface area contributed by atoms with E-state index in [0.717, 1.165) is 18.4 Å². The highest BCUT2D eigenvalue weighted by Gasteiger charge is 2.18. The molecule has 2 N–H and O–H groups in total. The Morgan fingerprint density at radius 2 is 1.57 bits per heavy atom. The van der Waals surface area contributed by atoms with Gasteiger partial charge in [-0.3, -0.25) is 4.79 Å². The number of carbonyl (C=O) groups is 1. The summed E-state index contributed by atoms with van der Waals surface area (Å²) in [7, 11) is 0. The topological polar surface area (TPSA) is 43.1 Å². The third kappa shape index (κ3) is 6.43. The van der Waals surface area contributed by atoms with Crippen LogP contribution in [0.1, 0.15) is 65.0 Å². The zero-order valence-electron chi connectivity index (χ0n) is 14.3. The highest BCUT2D eigenvalue weighted by molar-refractivity contribution is 5.80. The van der Waals surface area contributed by atoms with Gasteiger partial charge in [-0.1, -0.05) is 58.9 Å². The maximum atomic E-state index is 12.1. The summed E-state index contributed by atoms with van der Waals surface area (Å²) in [6.45, 7) is 11.7. The molecule has 1 rings (SSSR count). The third-order valence-electron chi connectivity index (χ3n) is 4.12. The van der Waals surface area contributed by atoms with E-state index < -0.39 is 0 Å². The van der Waals surface area contributed by atoms with Crippen LogP contribution in [0.25, 0.3) is 0 Å². The molecule has 1 aromatic carbocycles. The van der Waals surface area contributed by atoms with Gasteiger partial charge in [0.2, 0.25) is 0 Å². The van der Waals surface area contributed by atoms with Crippen LogP contribution in [0.4, 0.5) is 0 Å². The molecule has 0 heterocycles. The Labute approximate surface area is 130 Å². The Morgan fingerprint density at radius 1 is 1.00 bits per heavy atom. The Morgan fingerprint density at radius 3 is 2.05 bits per heavy atom. The van der Waals surface area contributed by atoms with E-state index in [2.05, 4.69) is 58.9 Å². The number of benzene rings is 1. The van der Waals surface area contributed by atoms with Gasteiger partial charge in [0.1, 0.15) is 5.78 Å². The highest BCUT2D eigenvalue weighted by atomic mass is 16.1. The molecule has 0 aliphatic rings. The first-order valence-electron chi connectivity index (χ1n) is 7.95. The minimum absolute atomic E-state index is 0.161. The predicted molar refractivity (Wildman–Crippen MR) is 90.5 cm³/mol. The van der Waals surface area contributed by atoms with Gasteiger partial charge >= 0.3 is 0 Å². The molecule has 21 heavy (non-hydrogen) atoms. The fraction of sp³-hybridized carbons (Fsp3) is 0.632. The summed E-state index contributed by atoms with van der Waals surface area (Å²) in [6.07, 6.45) is 3.08. The number of nitrogens with two attached hydrogens (primary N) is 1. The Balaban J connectivity index is 2.52. The van der Waals surface area contributed by atoms with Crippen LogP contribution in [0.3, 0.4) is 0 Å². The van der Waals surface area contributed by atoms with E-state index in [-0.39, 0.29) is 10.8 Å². The largest absolute Gasteiger partial charge is 0.330 e. The van der Waals surface area contributed by atoms with Crippen LogP contribution in [0.2, 0.25) is 0 Å². The minimum atomic E-state index is 0.161. The van der Waals surface area contributed by atoms with E-state index >= 15 is 0 Å². The average molecular weight is 289 g/mol. The molecule has 0 aliphatic heterocycles. The summed E-state index contributed by atoms with van der Waals surface area (Å²) in [5.74, 6) is 0.323. The van der Waals surface area contributed by atoms with Gasteiger partial charge < -0.3 is 5.73 Å². The fourth-order valence-electron chi connectivity index (χ4n) is 2.43. The molecule has 0 atom stereocenters. The van der Waals surface area contributed by atoms with E-state index in [1.54, 1.807) is 0 Å². The van der Waals surface area contributed by atoms with Crippen molar-refractivity contribution in [1.82, 2.24) is 0 Å². The molecular weight excluding hydrogens is 258 g/mol. The lowest BCUT2D eigenvalue weighted by Gasteiger charge is -2.23. The minimum Gasteiger partial charge on any atom is -0.330 e. The fourth-order valence-corrected chi connectivity index (χ4v) is 2.43. The lowest BCUT2D eigenvalue weighted by Crippen LogP contribution is -2.19. The second kappa shape index (κ2) is 7.22. The van der Waals surface area contributed by atoms with Crippen LogP contribution in [0, 0.1) is 5.41 Å². The number of ketones is 1. The first-order valence-corrected chi connectivity index (χ1v) is 7.95. The summed E-state index contributed by atoms with van der Waals surface area (Å²) in [4.78, 5) is 12.1. The van der Waals surface area contributed by atoms with Crippen molar-refractivity contribution in [2.24, 2.45) is 11.1 Å². The van der Waals surface area contributed by atoms with Crippen molar-refractivity contribution in [3.05, 3.63) is 35.4 Å². The molecule has 0 fully saturated rings. The van der Waals surface area contributed by atoms with Gasteiger partial charge in [0.15, 0.2) is 0 Å². The molecule has 1 aromatic rings. The maximum absolute atomic E-state index is 12.1. The monoisotopic (exact) mass is 289 g/mol. The molecule has 0 radical (unpaired) electrons. The highest BCUT2D eigenvalue weighted by Crippen LogP contribution is 2.26. The number of hydrogen-bond donors (Lipinski definition) is 1. The van der Waals surface area contributed by atoms with Crippen molar-refractivity contribution < 1.29 is 4.79 Å². The first-order chi connectivity index (χ1) is 9.64. The van der Waals surface area contributed by atoms with Crippen LogP contribution in [-0.4, -0.2) is 12.3 Å². The molecule has 2 nitrogen and oxygen atoms in total. The molecule has 118 valence electrons. The predicted octanol–water partition coefficient (Wildman–Crippen LogP) is 4.25. The standard InChI is InChI=1S/C19H31NO/c1-18(2,3)16-8-6-15(7-9-16)14-17(21)10-11-19(4,5)12-13-20/h6-9H,10-14,20H2,1-5H3. The maximum Gasteiger partial charge on any atom is 0.137 e. The zero-order chi connectivity index (χ0) is 16.1. The van der Waals surface area contributed by atoms with Crippen molar-refractivity contribution in [3.63, 3.8) is 0 Å². The Hall–Kier alpha value is -1.15. The summed E-state index contributed by atoms with van der Waals surface area (Å²) >= 11 is 0. The second-order valence-electron chi connectivity index (χ2n) is 7.87. The second-order valence-corrected chi connectivity index (χ2v) is 7.87. The van der Waals surface area contributed by atoms with Crippen LogP contribution < -0.4 is 5.73 Å². The summed E-state index contributed by atoms with van der Waals surface area (Å²) in [5, 5.41) is 0. The van der Waals surface area contributed by atoms with Crippen molar-refractivity contribution in [1.29, 1.82) is 0 Å². The summed E-state index contributed by atoms with van der Waals surface area (Å²) in [6, 6.07) is 8.45. The van der Waals surface area contributed by atoms with Crippen molar-refractivity contribution in [2.75, 3.05) is 6.54 Å². The van der Waals surface area contributed by atoms with Gasteiger partial charge in [0.25, 0.3) is 0 Å². The van der Waals surface area contributed by atoms with Crippen molar-refractivity contribution in [2.45, 2.75) is 65.7 Å². The van der Waals surface area contributed by atoms with Crippen LogP contribution in [0.5, 0.6) is 0 Å². The lowest BCUT2D eigenvalue weighted by atomic mass is 9.83. The molecule has 0 amide bonds. The van der Waals surface area contributed by atoms with Gasteiger partial charge in [-0.25, -0.2) is 0 Å². The van der Waals surface area contributed by atoms with Gasteiger partial charge in [-0.15, -0.1) is 0 Å². The molecule has 0 saturated carbocycles. The molecule has 0 bridgehead atoms.